The Balaban J connectivity index is 1.81. The van der Waals surface area contributed by atoms with Crippen LogP contribution in [0.5, 0.6) is 0 Å². The molecule has 0 aromatic carbocycles. The highest BCUT2D eigenvalue weighted by atomic mass is 16.3. The van der Waals surface area contributed by atoms with Crippen LogP contribution in [0.25, 0.3) is 0 Å². The molecule has 0 saturated heterocycles. The molecule has 0 bridgehead atoms. The van der Waals surface area contributed by atoms with Gasteiger partial charge in [-0.05, 0) is 37.8 Å². The summed E-state index contributed by atoms with van der Waals surface area (Å²) in [5.74, 6) is 0.412. The highest BCUT2D eigenvalue weighted by Crippen LogP contribution is 2.24. The first-order chi connectivity index (χ1) is 8.27. The van der Waals surface area contributed by atoms with Gasteiger partial charge in [-0.3, -0.25) is 4.98 Å². The SMILES string of the molecule is CC(NCC1CCCCC1O)c1ccccn1. The first-order valence-electron chi connectivity index (χ1n) is 6.60. The molecular formula is C14H22N2O. The Bertz CT molecular complexity index is 328. The quantitative estimate of drug-likeness (QED) is 0.840. The molecule has 17 heavy (non-hydrogen) atoms. The van der Waals surface area contributed by atoms with Crippen molar-refractivity contribution in [1.29, 1.82) is 0 Å². The molecule has 1 heterocycles. The number of nitrogens with one attached hydrogen (secondary N) is 1. The molecule has 3 unspecified atom stereocenters. The molecule has 3 heteroatoms. The number of rotatable bonds is 4. The average molecular weight is 234 g/mol. The fourth-order valence-corrected chi connectivity index (χ4v) is 2.49. The van der Waals surface area contributed by atoms with Gasteiger partial charge >= 0.3 is 0 Å². The summed E-state index contributed by atoms with van der Waals surface area (Å²) in [6.07, 6.45) is 6.23. The first-order valence-corrected chi connectivity index (χ1v) is 6.60. The molecule has 2 N–H and O–H groups in total. The molecule has 0 radical (unpaired) electrons. The van der Waals surface area contributed by atoms with Crippen molar-refractivity contribution in [3.8, 4) is 0 Å². The van der Waals surface area contributed by atoms with Crippen molar-refractivity contribution < 1.29 is 5.11 Å². The first kappa shape index (κ1) is 12.5. The maximum absolute atomic E-state index is 9.90. The predicted molar refractivity (Wildman–Crippen MR) is 68.6 cm³/mol. The van der Waals surface area contributed by atoms with Crippen molar-refractivity contribution in [2.45, 2.75) is 44.8 Å². The van der Waals surface area contributed by atoms with Crippen molar-refractivity contribution in [3.05, 3.63) is 30.1 Å². The van der Waals surface area contributed by atoms with E-state index in [9.17, 15) is 5.11 Å². The zero-order valence-electron chi connectivity index (χ0n) is 10.5. The lowest BCUT2D eigenvalue weighted by atomic mass is 9.86. The number of aliphatic hydroxyl groups excluding tert-OH is 1. The maximum atomic E-state index is 9.90. The van der Waals surface area contributed by atoms with Crippen LogP contribution in [-0.4, -0.2) is 22.7 Å². The Morgan fingerprint density at radius 2 is 2.24 bits per heavy atom. The van der Waals surface area contributed by atoms with Gasteiger partial charge in [0.05, 0.1) is 11.8 Å². The zero-order valence-corrected chi connectivity index (χ0v) is 10.5. The summed E-state index contributed by atoms with van der Waals surface area (Å²) in [7, 11) is 0. The lowest BCUT2D eigenvalue weighted by Crippen LogP contribution is -2.35. The van der Waals surface area contributed by atoms with Crippen LogP contribution >= 0.6 is 0 Å². The van der Waals surface area contributed by atoms with E-state index in [1.165, 1.54) is 12.8 Å². The minimum absolute atomic E-state index is 0.118. The van der Waals surface area contributed by atoms with Gasteiger partial charge < -0.3 is 10.4 Å². The van der Waals surface area contributed by atoms with Crippen LogP contribution in [0.15, 0.2) is 24.4 Å². The summed E-state index contributed by atoms with van der Waals surface area (Å²) >= 11 is 0. The zero-order chi connectivity index (χ0) is 12.1. The van der Waals surface area contributed by atoms with Crippen molar-refractivity contribution >= 4 is 0 Å². The number of hydrogen-bond acceptors (Lipinski definition) is 3. The van der Waals surface area contributed by atoms with E-state index >= 15 is 0 Å². The number of pyridine rings is 1. The van der Waals surface area contributed by atoms with E-state index in [4.69, 9.17) is 0 Å². The fourth-order valence-electron chi connectivity index (χ4n) is 2.49. The molecule has 1 aliphatic rings. The van der Waals surface area contributed by atoms with E-state index in [0.717, 1.165) is 25.1 Å². The minimum atomic E-state index is -0.118. The Morgan fingerprint density at radius 3 is 2.94 bits per heavy atom. The second kappa shape index (κ2) is 6.12. The van der Waals surface area contributed by atoms with E-state index in [-0.39, 0.29) is 12.1 Å². The van der Waals surface area contributed by atoms with Crippen LogP contribution in [0.2, 0.25) is 0 Å². The second-order valence-electron chi connectivity index (χ2n) is 5.00. The maximum Gasteiger partial charge on any atom is 0.0580 e. The van der Waals surface area contributed by atoms with Gasteiger partial charge in [0.2, 0.25) is 0 Å². The van der Waals surface area contributed by atoms with Crippen molar-refractivity contribution in [2.24, 2.45) is 5.92 Å². The van der Waals surface area contributed by atoms with Gasteiger partial charge in [-0.2, -0.15) is 0 Å². The molecule has 0 amide bonds. The summed E-state index contributed by atoms with van der Waals surface area (Å²) in [6, 6.07) is 6.23. The van der Waals surface area contributed by atoms with Gasteiger partial charge in [0, 0.05) is 18.8 Å². The van der Waals surface area contributed by atoms with Crippen LogP contribution in [0, 0.1) is 5.92 Å². The van der Waals surface area contributed by atoms with Crippen LogP contribution in [0.3, 0.4) is 0 Å². The van der Waals surface area contributed by atoms with Gasteiger partial charge in [-0.1, -0.05) is 18.9 Å². The summed E-state index contributed by atoms with van der Waals surface area (Å²) in [6.45, 7) is 3.01. The van der Waals surface area contributed by atoms with Crippen LogP contribution in [0.1, 0.15) is 44.3 Å². The molecular weight excluding hydrogens is 212 g/mol. The Morgan fingerprint density at radius 1 is 1.41 bits per heavy atom. The van der Waals surface area contributed by atoms with Gasteiger partial charge in [0.1, 0.15) is 0 Å². The standard InChI is InChI=1S/C14H22N2O/c1-11(13-7-4-5-9-15-13)16-10-12-6-2-3-8-14(12)17/h4-5,7,9,11-12,14,16-17H,2-3,6,8,10H2,1H3. The fraction of sp³-hybridized carbons (Fsp3) is 0.643. The van der Waals surface area contributed by atoms with Gasteiger partial charge in [0.15, 0.2) is 0 Å². The molecule has 1 aliphatic carbocycles. The molecule has 2 rings (SSSR count). The van der Waals surface area contributed by atoms with E-state index in [0.29, 0.717) is 5.92 Å². The van der Waals surface area contributed by atoms with E-state index in [1.807, 2.05) is 24.4 Å². The predicted octanol–water partition coefficient (Wildman–Crippen LogP) is 2.28. The summed E-state index contributed by atoms with van der Waals surface area (Å²) in [5.41, 5.74) is 1.07. The van der Waals surface area contributed by atoms with E-state index < -0.39 is 0 Å². The highest BCUT2D eigenvalue weighted by molar-refractivity contribution is 5.07. The number of hydrogen-bond donors (Lipinski definition) is 2. The molecule has 3 atom stereocenters. The van der Waals surface area contributed by atoms with Crippen molar-refractivity contribution in [3.63, 3.8) is 0 Å². The largest absolute Gasteiger partial charge is 0.393 e. The monoisotopic (exact) mass is 234 g/mol. The minimum Gasteiger partial charge on any atom is -0.393 e. The molecule has 0 aliphatic heterocycles. The smallest absolute Gasteiger partial charge is 0.0580 e. The Hall–Kier alpha value is -0.930. The molecule has 94 valence electrons. The molecule has 0 spiro atoms. The van der Waals surface area contributed by atoms with Crippen molar-refractivity contribution in [2.75, 3.05) is 6.54 Å². The third-order valence-electron chi connectivity index (χ3n) is 3.69. The molecule has 1 aromatic heterocycles. The average Bonchev–Trinajstić information content (AvgIpc) is 2.38. The van der Waals surface area contributed by atoms with E-state index in [1.54, 1.807) is 0 Å². The highest BCUT2D eigenvalue weighted by Gasteiger charge is 2.23. The van der Waals surface area contributed by atoms with Gasteiger partial charge in [-0.25, -0.2) is 0 Å². The topological polar surface area (TPSA) is 45.1 Å². The number of aromatic nitrogens is 1. The Kier molecular flexibility index (Phi) is 4.51. The van der Waals surface area contributed by atoms with Gasteiger partial charge in [0.25, 0.3) is 0 Å². The summed E-state index contributed by atoms with van der Waals surface area (Å²) < 4.78 is 0. The second-order valence-corrected chi connectivity index (χ2v) is 5.00. The van der Waals surface area contributed by atoms with Crippen LogP contribution in [0.4, 0.5) is 0 Å². The number of aliphatic hydroxyl groups is 1. The van der Waals surface area contributed by atoms with Crippen LogP contribution in [-0.2, 0) is 0 Å². The third kappa shape index (κ3) is 3.51. The third-order valence-corrected chi connectivity index (χ3v) is 3.69. The molecule has 3 nitrogen and oxygen atoms in total. The lowest BCUT2D eigenvalue weighted by molar-refractivity contribution is 0.0683. The van der Waals surface area contributed by atoms with E-state index in [2.05, 4.69) is 17.2 Å². The summed E-state index contributed by atoms with van der Waals surface area (Å²) in [4.78, 5) is 4.34. The molecule has 1 fully saturated rings. The molecule has 1 saturated carbocycles. The normalized spacial score (nSPS) is 26.7. The van der Waals surface area contributed by atoms with Crippen molar-refractivity contribution in [1.82, 2.24) is 10.3 Å². The van der Waals surface area contributed by atoms with Crippen LogP contribution < -0.4 is 5.32 Å². The van der Waals surface area contributed by atoms with Gasteiger partial charge in [-0.15, -0.1) is 0 Å². The summed E-state index contributed by atoms with van der Waals surface area (Å²) in [5, 5.41) is 13.4. The molecule has 1 aromatic rings. The Labute approximate surface area is 103 Å². The number of nitrogens with zero attached hydrogens (tertiary/aromatic N) is 1. The lowest BCUT2D eigenvalue weighted by Gasteiger charge is -2.28.